The SMILES string of the molecule is CN=Cc1c(N)cc(C(C=[NH2+])=C[NH2+]C(C)(C)C)nc1OC(C)C1CC(=O)N(C(C)c2ccc(OC)cc2)C1. The Labute approximate surface area is 225 Å². The van der Waals surface area contributed by atoms with Crippen molar-refractivity contribution >= 4 is 29.6 Å². The Hall–Kier alpha value is -3.72. The van der Waals surface area contributed by atoms with Gasteiger partial charge in [0.2, 0.25) is 11.8 Å². The van der Waals surface area contributed by atoms with E-state index in [0.717, 1.165) is 16.9 Å². The van der Waals surface area contributed by atoms with E-state index < -0.39 is 0 Å². The first-order chi connectivity index (χ1) is 18.0. The molecule has 9 nitrogen and oxygen atoms in total. The number of methoxy groups -OCH3 is 1. The Balaban J connectivity index is 1.83. The van der Waals surface area contributed by atoms with E-state index in [0.29, 0.717) is 35.8 Å². The molecule has 0 saturated carbocycles. The number of rotatable bonds is 10. The first-order valence-electron chi connectivity index (χ1n) is 12.9. The molecule has 0 spiro atoms. The van der Waals surface area contributed by atoms with Crippen molar-refractivity contribution in [1.82, 2.24) is 9.88 Å². The van der Waals surface area contributed by atoms with E-state index in [9.17, 15) is 4.79 Å². The van der Waals surface area contributed by atoms with Crippen LogP contribution in [-0.4, -0.2) is 60.6 Å². The van der Waals surface area contributed by atoms with Gasteiger partial charge in [-0.2, -0.15) is 0 Å². The molecule has 2 heterocycles. The molecule has 3 unspecified atom stereocenters. The fourth-order valence-corrected chi connectivity index (χ4v) is 4.40. The molecule has 1 aliphatic rings. The summed E-state index contributed by atoms with van der Waals surface area (Å²) in [6, 6.07) is 9.53. The smallest absolute Gasteiger partial charge is 0.225 e. The highest BCUT2D eigenvalue weighted by molar-refractivity contribution is 6.06. The minimum absolute atomic E-state index is 0.00778. The second kappa shape index (κ2) is 12.2. The summed E-state index contributed by atoms with van der Waals surface area (Å²) in [6.45, 7) is 10.9. The average Bonchev–Trinajstić information content (AvgIpc) is 3.27. The zero-order chi connectivity index (χ0) is 28.0. The highest BCUT2D eigenvalue weighted by Gasteiger charge is 2.37. The Kier molecular flexibility index (Phi) is 9.27. The van der Waals surface area contributed by atoms with Crippen LogP contribution in [0.2, 0.25) is 0 Å². The first kappa shape index (κ1) is 28.8. The van der Waals surface area contributed by atoms with Gasteiger partial charge in [0.05, 0.1) is 29.9 Å². The fourth-order valence-electron chi connectivity index (χ4n) is 4.40. The number of amides is 1. The quantitative estimate of drug-likeness (QED) is 0.408. The van der Waals surface area contributed by atoms with Crippen LogP contribution >= 0.6 is 0 Å². The number of benzene rings is 1. The average molecular weight is 523 g/mol. The number of hydrogen-bond acceptors (Lipinski definition) is 6. The third-order valence-corrected chi connectivity index (χ3v) is 6.77. The van der Waals surface area contributed by atoms with E-state index in [4.69, 9.17) is 25.6 Å². The molecule has 204 valence electrons. The number of ether oxygens (including phenoxy) is 2. The summed E-state index contributed by atoms with van der Waals surface area (Å²) in [6.07, 6.45) is 5.21. The molecular weight excluding hydrogens is 480 g/mol. The largest absolute Gasteiger partial charge is 0.497 e. The van der Waals surface area contributed by atoms with E-state index >= 15 is 0 Å². The van der Waals surface area contributed by atoms with Gasteiger partial charge in [-0.1, -0.05) is 12.1 Å². The van der Waals surface area contributed by atoms with E-state index in [-0.39, 0.29) is 29.5 Å². The number of nitrogens with zero attached hydrogens (tertiary/aromatic N) is 3. The van der Waals surface area contributed by atoms with Gasteiger partial charge in [0.25, 0.3) is 0 Å². The van der Waals surface area contributed by atoms with Crippen molar-refractivity contribution in [3.63, 3.8) is 0 Å². The van der Waals surface area contributed by atoms with Gasteiger partial charge in [0.1, 0.15) is 23.6 Å². The molecular formula is C29H42N6O3+2. The highest BCUT2D eigenvalue weighted by atomic mass is 16.5. The number of likely N-dealkylation sites (tertiary alicyclic amines) is 1. The number of carbonyl (C=O) groups excluding carboxylic acids is 1. The molecule has 0 aliphatic carbocycles. The van der Waals surface area contributed by atoms with Crippen LogP contribution in [0.3, 0.4) is 0 Å². The Morgan fingerprint density at radius 1 is 1.29 bits per heavy atom. The molecule has 0 bridgehead atoms. The van der Waals surface area contributed by atoms with Crippen molar-refractivity contribution in [2.24, 2.45) is 10.9 Å². The minimum atomic E-state index is -0.284. The lowest BCUT2D eigenvalue weighted by Gasteiger charge is -2.27. The number of allylic oxidation sites excluding steroid dienone is 1. The van der Waals surface area contributed by atoms with Gasteiger partial charge >= 0.3 is 0 Å². The van der Waals surface area contributed by atoms with Crippen LogP contribution in [0.1, 0.15) is 63.9 Å². The first-order valence-corrected chi connectivity index (χ1v) is 12.9. The van der Waals surface area contributed by atoms with E-state index in [1.54, 1.807) is 26.4 Å². The van der Waals surface area contributed by atoms with Crippen LogP contribution in [0.25, 0.3) is 5.57 Å². The number of nitrogen functional groups attached to an aromatic ring is 1. The molecule has 1 aliphatic heterocycles. The number of nitrogens with two attached hydrogens (primary N) is 3. The lowest BCUT2D eigenvalue weighted by molar-refractivity contribution is -0.656. The van der Waals surface area contributed by atoms with Crippen molar-refractivity contribution in [3.05, 3.63) is 53.4 Å². The monoisotopic (exact) mass is 522 g/mol. The molecule has 9 heteroatoms. The molecule has 1 aromatic carbocycles. The predicted molar refractivity (Wildman–Crippen MR) is 151 cm³/mol. The van der Waals surface area contributed by atoms with Gasteiger partial charge in [0.15, 0.2) is 6.21 Å². The van der Waals surface area contributed by atoms with Gasteiger partial charge in [0, 0.05) is 37.8 Å². The Morgan fingerprint density at radius 3 is 2.55 bits per heavy atom. The zero-order valence-corrected chi connectivity index (χ0v) is 23.6. The summed E-state index contributed by atoms with van der Waals surface area (Å²) in [5, 5.41) is 8.01. The number of pyridine rings is 1. The van der Waals surface area contributed by atoms with Gasteiger partial charge in [-0.05, 0) is 58.4 Å². The third kappa shape index (κ3) is 6.98. The number of anilines is 1. The maximum atomic E-state index is 13.0. The second-order valence-electron chi connectivity index (χ2n) is 10.8. The number of carbonyl (C=O) groups is 1. The summed E-state index contributed by atoms with van der Waals surface area (Å²) in [5.41, 5.74) is 9.88. The minimum Gasteiger partial charge on any atom is -0.497 e. The van der Waals surface area contributed by atoms with Crippen LogP contribution in [0.5, 0.6) is 11.6 Å². The van der Waals surface area contributed by atoms with Gasteiger partial charge in [-0.15, -0.1) is 0 Å². The van der Waals surface area contributed by atoms with Crippen LogP contribution in [0.4, 0.5) is 5.69 Å². The zero-order valence-electron chi connectivity index (χ0n) is 23.6. The molecule has 0 radical (unpaired) electrons. The molecule has 1 saturated heterocycles. The highest BCUT2D eigenvalue weighted by Crippen LogP contribution is 2.33. The van der Waals surface area contributed by atoms with Gasteiger partial charge in [-0.25, -0.2) is 4.98 Å². The summed E-state index contributed by atoms with van der Waals surface area (Å²) in [4.78, 5) is 23.8. The van der Waals surface area contributed by atoms with Crippen LogP contribution < -0.4 is 25.9 Å². The van der Waals surface area contributed by atoms with Crippen molar-refractivity contribution < 1.29 is 25.0 Å². The second-order valence-corrected chi connectivity index (χ2v) is 10.8. The lowest BCUT2D eigenvalue weighted by atomic mass is 10.0. The van der Waals surface area contributed by atoms with Crippen LogP contribution in [0.15, 0.2) is 41.5 Å². The van der Waals surface area contributed by atoms with Gasteiger partial charge in [-0.3, -0.25) is 15.2 Å². The Bertz CT molecular complexity index is 1200. The molecule has 1 fully saturated rings. The summed E-state index contributed by atoms with van der Waals surface area (Å²) < 4.78 is 11.6. The van der Waals surface area contributed by atoms with E-state index in [1.807, 2.05) is 49.2 Å². The lowest BCUT2D eigenvalue weighted by Crippen LogP contribution is -2.89. The van der Waals surface area contributed by atoms with Crippen molar-refractivity contribution in [1.29, 1.82) is 0 Å². The molecule has 38 heavy (non-hydrogen) atoms. The Morgan fingerprint density at radius 2 is 1.97 bits per heavy atom. The van der Waals surface area contributed by atoms with Crippen molar-refractivity contribution in [2.75, 3.05) is 26.4 Å². The molecule has 1 aromatic heterocycles. The molecule has 1 amide bonds. The number of aliphatic imine (C=N–C) groups is 1. The maximum absolute atomic E-state index is 13.0. The third-order valence-electron chi connectivity index (χ3n) is 6.77. The predicted octanol–water partition coefficient (Wildman–Crippen LogP) is 1.63. The van der Waals surface area contributed by atoms with Crippen molar-refractivity contribution in [2.45, 2.75) is 58.7 Å². The normalized spacial score (nSPS) is 18.1. The molecule has 6 N–H and O–H groups in total. The maximum Gasteiger partial charge on any atom is 0.225 e. The van der Waals surface area contributed by atoms with Crippen molar-refractivity contribution in [3.8, 4) is 11.6 Å². The van der Waals surface area contributed by atoms with E-state index in [2.05, 4.69) is 31.1 Å². The standard InChI is InChI=1S/C29H40N6O3/c1-18(20-8-10-23(37-7)11-9-20)35-17-21(12-27(35)36)19(2)38-28-24(16-32-6)25(31)13-26(34-28)22(14-30)15-33-29(3,4)5/h8-11,13-16,18-19,21,30,33H,12,17H2,1-7H3,(H2,31,34)/p+2. The summed E-state index contributed by atoms with van der Waals surface area (Å²) in [7, 11) is 3.31. The van der Waals surface area contributed by atoms with Crippen LogP contribution in [-0.2, 0) is 4.79 Å². The van der Waals surface area contributed by atoms with Crippen LogP contribution in [0, 0.1) is 5.92 Å². The topological polar surface area (TPSA) is 132 Å². The van der Waals surface area contributed by atoms with E-state index in [1.165, 1.54) is 6.21 Å². The molecule has 3 atom stereocenters. The molecule has 2 aromatic rings. The summed E-state index contributed by atoms with van der Waals surface area (Å²) in [5.74, 6) is 1.25. The molecule has 3 rings (SSSR count). The van der Waals surface area contributed by atoms with Gasteiger partial charge < -0.3 is 25.4 Å². The number of quaternary nitrogens is 1. The summed E-state index contributed by atoms with van der Waals surface area (Å²) >= 11 is 0. The fraction of sp³-hybridized carbons (Fsp3) is 0.448. The number of hydrogen-bond donors (Lipinski definition) is 3. The number of aromatic nitrogens is 1.